The molecular weight excluding hydrogens is 372 g/mol. The van der Waals surface area contributed by atoms with Crippen molar-refractivity contribution in [2.24, 2.45) is 0 Å². The molecule has 2 saturated heterocycles. The van der Waals surface area contributed by atoms with E-state index in [0.29, 0.717) is 44.6 Å². The summed E-state index contributed by atoms with van der Waals surface area (Å²) in [4.78, 5) is 42.0. The Hall–Kier alpha value is -2.45. The Labute approximate surface area is 171 Å². The number of amides is 3. The van der Waals surface area contributed by atoms with Crippen molar-refractivity contribution in [2.45, 2.75) is 31.9 Å². The standard InChI is InChI=1S/C21H30N4O4/c1-16(26)23-11-13-24(14-12-23)18-7-9-25(10-8-19(18)27)20(28)15-22-21(29)17-5-3-2-4-6-17/h2-6,18-19,27H,7-15H2,1H3,(H,22,29)/t18-,19-/m0/s1. The minimum absolute atomic E-state index is 0.0131. The molecule has 2 aliphatic heterocycles. The fourth-order valence-electron chi connectivity index (χ4n) is 4.08. The predicted molar refractivity (Wildman–Crippen MR) is 108 cm³/mol. The second kappa shape index (κ2) is 9.84. The molecule has 0 aromatic heterocycles. The number of nitrogens with one attached hydrogen (secondary N) is 1. The number of nitrogens with zero attached hydrogens (tertiary/aromatic N) is 3. The maximum absolute atomic E-state index is 12.6. The summed E-state index contributed by atoms with van der Waals surface area (Å²) < 4.78 is 0. The summed E-state index contributed by atoms with van der Waals surface area (Å²) in [6.45, 7) is 5.38. The second-order valence-corrected chi connectivity index (χ2v) is 7.68. The highest BCUT2D eigenvalue weighted by atomic mass is 16.3. The molecule has 8 nitrogen and oxygen atoms in total. The minimum Gasteiger partial charge on any atom is -0.391 e. The molecule has 2 atom stereocenters. The molecule has 3 amide bonds. The van der Waals surface area contributed by atoms with Gasteiger partial charge in [-0.25, -0.2) is 0 Å². The van der Waals surface area contributed by atoms with Crippen LogP contribution >= 0.6 is 0 Å². The lowest BCUT2D eigenvalue weighted by atomic mass is 10.0. The van der Waals surface area contributed by atoms with Gasteiger partial charge in [-0.3, -0.25) is 19.3 Å². The highest BCUT2D eigenvalue weighted by Crippen LogP contribution is 2.19. The molecule has 8 heteroatoms. The largest absolute Gasteiger partial charge is 0.391 e. The monoisotopic (exact) mass is 402 g/mol. The molecule has 0 aliphatic carbocycles. The third kappa shape index (κ3) is 5.55. The number of aliphatic hydroxyl groups is 1. The van der Waals surface area contributed by atoms with Gasteiger partial charge in [0.25, 0.3) is 5.91 Å². The number of rotatable bonds is 4. The number of carbonyl (C=O) groups excluding carboxylic acids is 3. The molecule has 0 bridgehead atoms. The molecule has 1 aromatic carbocycles. The van der Waals surface area contributed by atoms with Gasteiger partial charge >= 0.3 is 0 Å². The van der Waals surface area contributed by atoms with Crippen LogP contribution in [0.15, 0.2) is 30.3 Å². The van der Waals surface area contributed by atoms with Crippen LogP contribution in [0.2, 0.25) is 0 Å². The first-order valence-corrected chi connectivity index (χ1v) is 10.2. The van der Waals surface area contributed by atoms with Gasteiger partial charge in [0, 0.05) is 57.8 Å². The van der Waals surface area contributed by atoms with Crippen molar-refractivity contribution in [1.82, 2.24) is 20.0 Å². The summed E-state index contributed by atoms with van der Waals surface area (Å²) >= 11 is 0. The van der Waals surface area contributed by atoms with Crippen molar-refractivity contribution in [3.05, 3.63) is 35.9 Å². The zero-order chi connectivity index (χ0) is 20.8. The summed E-state index contributed by atoms with van der Waals surface area (Å²) in [6.07, 6.45) is 0.686. The zero-order valence-corrected chi connectivity index (χ0v) is 16.9. The molecule has 2 N–H and O–H groups in total. The van der Waals surface area contributed by atoms with E-state index in [0.717, 1.165) is 13.1 Å². The summed E-state index contributed by atoms with van der Waals surface area (Å²) in [5.41, 5.74) is 0.524. The van der Waals surface area contributed by atoms with Crippen LogP contribution in [-0.2, 0) is 9.59 Å². The summed E-state index contributed by atoms with van der Waals surface area (Å²) in [7, 11) is 0. The highest BCUT2D eigenvalue weighted by Gasteiger charge is 2.33. The van der Waals surface area contributed by atoms with E-state index in [4.69, 9.17) is 0 Å². The summed E-state index contributed by atoms with van der Waals surface area (Å²) in [6, 6.07) is 8.80. The number of hydrogen-bond donors (Lipinski definition) is 2. The Bertz CT molecular complexity index is 719. The third-order valence-corrected chi connectivity index (χ3v) is 5.85. The normalized spacial score (nSPS) is 23.4. The lowest BCUT2D eigenvalue weighted by Crippen LogP contribution is -2.54. The number of carbonyl (C=O) groups is 3. The van der Waals surface area contributed by atoms with Gasteiger partial charge in [0.1, 0.15) is 0 Å². The van der Waals surface area contributed by atoms with Gasteiger partial charge in [0.05, 0.1) is 12.6 Å². The van der Waals surface area contributed by atoms with Crippen molar-refractivity contribution in [3.8, 4) is 0 Å². The third-order valence-electron chi connectivity index (χ3n) is 5.85. The fraction of sp³-hybridized carbons (Fsp3) is 0.571. The molecule has 0 radical (unpaired) electrons. The van der Waals surface area contributed by atoms with Gasteiger partial charge in [0.2, 0.25) is 11.8 Å². The molecule has 1 aromatic rings. The number of piperazine rings is 1. The van der Waals surface area contributed by atoms with Crippen LogP contribution in [0.4, 0.5) is 0 Å². The van der Waals surface area contributed by atoms with Crippen LogP contribution in [0.25, 0.3) is 0 Å². The van der Waals surface area contributed by atoms with Gasteiger partial charge in [-0.15, -0.1) is 0 Å². The van der Waals surface area contributed by atoms with E-state index < -0.39 is 6.10 Å². The summed E-state index contributed by atoms with van der Waals surface area (Å²) in [5, 5.41) is 13.3. The molecule has 0 spiro atoms. The van der Waals surface area contributed by atoms with E-state index in [1.165, 1.54) is 0 Å². The van der Waals surface area contributed by atoms with E-state index in [1.807, 2.05) is 11.0 Å². The quantitative estimate of drug-likeness (QED) is 0.736. The molecule has 158 valence electrons. The van der Waals surface area contributed by atoms with Crippen LogP contribution in [0.3, 0.4) is 0 Å². The van der Waals surface area contributed by atoms with E-state index in [9.17, 15) is 19.5 Å². The van der Waals surface area contributed by atoms with Crippen molar-refractivity contribution in [2.75, 3.05) is 45.8 Å². The Balaban J connectivity index is 1.49. The SMILES string of the molecule is CC(=O)N1CCN([C@H]2CCN(C(=O)CNC(=O)c3ccccc3)CC[C@@H]2O)CC1. The molecule has 0 saturated carbocycles. The van der Waals surface area contributed by atoms with Gasteiger partial charge in [-0.1, -0.05) is 18.2 Å². The smallest absolute Gasteiger partial charge is 0.251 e. The maximum atomic E-state index is 12.6. The van der Waals surface area contributed by atoms with Gasteiger partial charge in [-0.05, 0) is 25.0 Å². The van der Waals surface area contributed by atoms with E-state index in [1.54, 1.807) is 36.1 Å². The lowest BCUT2D eigenvalue weighted by Gasteiger charge is -2.40. The average molecular weight is 402 g/mol. The van der Waals surface area contributed by atoms with Gasteiger partial charge < -0.3 is 20.2 Å². The Kier molecular flexibility index (Phi) is 7.22. The van der Waals surface area contributed by atoms with Crippen LogP contribution in [-0.4, -0.2) is 95.5 Å². The Morgan fingerprint density at radius 1 is 0.966 bits per heavy atom. The second-order valence-electron chi connectivity index (χ2n) is 7.68. The molecule has 2 aliphatic rings. The van der Waals surface area contributed by atoms with Crippen molar-refractivity contribution in [3.63, 3.8) is 0 Å². The average Bonchev–Trinajstić information content (AvgIpc) is 2.94. The molecule has 0 unspecified atom stereocenters. The fourth-order valence-corrected chi connectivity index (χ4v) is 4.08. The Morgan fingerprint density at radius 2 is 1.62 bits per heavy atom. The summed E-state index contributed by atoms with van der Waals surface area (Å²) in [5.74, 6) is -0.320. The number of hydrogen-bond acceptors (Lipinski definition) is 5. The molecule has 29 heavy (non-hydrogen) atoms. The van der Waals surface area contributed by atoms with E-state index in [2.05, 4.69) is 10.2 Å². The first-order chi connectivity index (χ1) is 14.0. The molecule has 3 rings (SSSR count). The van der Waals surface area contributed by atoms with Crippen molar-refractivity contribution < 1.29 is 19.5 Å². The topological polar surface area (TPSA) is 93.2 Å². The van der Waals surface area contributed by atoms with Crippen LogP contribution < -0.4 is 5.32 Å². The van der Waals surface area contributed by atoms with Crippen molar-refractivity contribution >= 4 is 17.7 Å². The maximum Gasteiger partial charge on any atom is 0.251 e. The number of aliphatic hydroxyl groups excluding tert-OH is 1. The number of benzene rings is 1. The first kappa shape index (κ1) is 21.3. The van der Waals surface area contributed by atoms with E-state index >= 15 is 0 Å². The van der Waals surface area contributed by atoms with Crippen LogP contribution in [0, 0.1) is 0 Å². The Morgan fingerprint density at radius 3 is 2.28 bits per heavy atom. The number of likely N-dealkylation sites (tertiary alicyclic amines) is 1. The van der Waals surface area contributed by atoms with Gasteiger partial charge in [0.15, 0.2) is 0 Å². The zero-order valence-electron chi connectivity index (χ0n) is 16.9. The lowest BCUT2D eigenvalue weighted by molar-refractivity contribution is -0.131. The van der Waals surface area contributed by atoms with Crippen LogP contribution in [0.5, 0.6) is 0 Å². The highest BCUT2D eigenvalue weighted by molar-refractivity contribution is 5.96. The molecular formula is C21H30N4O4. The molecule has 2 fully saturated rings. The van der Waals surface area contributed by atoms with Crippen molar-refractivity contribution in [1.29, 1.82) is 0 Å². The van der Waals surface area contributed by atoms with Crippen LogP contribution in [0.1, 0.15) is 30.1 Å². The van der Waals surface area contributed by atoms with E-state index in [-0.39, 0.29) is 30.3 Å². The molecule has 2 heterocycles. The predicted octanol–water partition coefficient (Wildman–Crippen LogP) is -0.0676. The minimum atomic E-state index is -0.504. The first-order valence-electron chi connectivity index (χ1n) is 10.2. The van der Waals surface area contributed by atoms with Gasteiger partial charge in [-0.2, -0.15) is 0 Å².